The van der Waals surface area contributed by atoms with Crippen molar-refractivity contribution in [3.63, 3.8) is 0 Å². The van der Waals surface area contributed by atoms with Crippen LogP contribution in [0.4, 0.5) is 10.5 Å². The van der Waals surface area contributed by atoms with Gasteiger partial charge in [-0.2, -0.15) is 0 Å². The second kappa shape index (κ2) is 6.68. The molecule has 1 aromatic carbocycles. The van der Waals surface area contributed by atoms with Crippen molar-refractivity contribution in [2.75, 3.05) is 25.6 Å². The van der Waals surface area contributed by atoms with Crippen LogP contribution in [0.1, 0.15) is 6.42 Å². The summed E-state index contributed by atoms with van der Waals surface area (Å²) in [6.07, 6.45) is 0.768. The summed E-state index contributed by atoms with van der Waals surface area (Å²) in [6.45, 7) is 1.17. The molecule has 0 saturated heterocycles. The van der Waals surface area contributed by atoms with Crippen LogP contribution in [0.15, 0.2) is 24.3 Å². The molecule has 0 aliphatic heterocycles. The number of amides is 2. The predicted molar refractivity (Wildman–Crippen MR) is 61.6 cm³/mol. The molecular formula is C11H16N2O3. The maximum atomic E-state index is 11.3. The van der Waals surface area contributed by atoms with Gasteiger partial charge in [0.1, 0.15) is 5.75 Å². The summed E-state index contributed by atoms with van der Waals surface area (Å²) in [4.78, 5) is 11.3. The molecular weight excluding hydrogens is 208 g/mol. The lowest BCUT2D eigenvalue weighted by molar-refractivity contribution is 0.194. The molecule has 0 aliphatic rings. The Hall–Kier alpha value is -1.75. The number of hydrogen-bond acceptors (Lipinski definition) is 3. The minimum atomic E-state index is -0.290. The van der Waals surface area contributed by atoms with Gasteiger partial charge in [-0.05, 0) is 18.6 Å². The smallest absolute Gasteiger partial charge is 0.319 e. The van der Waals surface area contributed by atoms with Crippen molar-refractivity contribution in [3.8, 4) is 5.75 Å². The molecule has 0 spiro atoms. The number of phenolic OH excluding ortho intramolecular Hbond substituents is 1. The number of hydrogen-bond donors (Lipinski definition) is 3. The van der Waals surface area contributed by atoms with Crippen molar-refractivity contribution in [2.45, 2.75) is 6.42 Å². The van der Waals surface area contributed by atoms with Crippen molar-refractivity contribution < 1.29 is 14.6 Å². The highest BCUT2D eigenvalue weighted by atomic mass is 16.5. The van der Waals surface area contributed by atoms with Gasteiger partial charge in [0, 0.05) is 32.0 Å². The van der Waals surface area contributed by atoms with Crippen molar-refractivity contribution in [1.29, 1.82) is 0 Å². The van der Waals surface area contributed by atoms with Crippen LogP contribution in [0.2, 0.25) is 0 Å². The molecule has 88 valence electrons. The maximum Gasteiger partial charge on any atom is 0.319 e. The van der Waals surface area contributed by atoms with Crippen molar-refractivity contribution in [2.24, 2.45) is 0 Å². The first kappa shape index (κ1) is 12.3. The summed E-state index contributed by atoms with van der Waals surface area (Å²) in [6, 6.07) is 6.10. The van der Waals surface area contributed by atoms with Crippen LogP contribution in [-0.2, 0) is 4.74 Å². The van der Waals surface area contributed by atoms with Gasteiger partial charge in [0.2, 0.25) is 0 Å². The van der Waals surface area contributed by atoms with Crippen molar-refractivity contribution in [3.05, 3.63) is 24.3 Å². The second-order valence-corrected chi connectivity index (χ2v) is 3.28. The topological polar surface area (TPSA) is 70.6 Å². The molecule has 0 fully saturated rings. The van der Waals surface area contributed by atoms with E-state index in [1.54, 1.807) is 25.3 Å². The van der Waals surface area contributed by atoms with Crippen molar-refractivity contribution in [1.82, 2.24) is 5.32 Å². The number of carbonyl (C=O) groups excluding carboxylic acids is 1. The molecule has 0 saturated carbocycles. The molecule has 5 nitrogen and oxygen atoms in total. The first-order chi connectivity index (χ1) is 7.72. The van der Waals surface area contributed by atoms with E-state index in [2.05, 4.69) is 10.6 Å². The molecule has 0 bridgehead atoms. The van der Waals surface area contributed by atoms with Gasteiger partial charge < -0.3 is 20.5 Å². The highest BCUT2D eigenvalue weighted by molar-refractivity contribution is 5.89. The minimum Gasteiger partial charge on any atom is -0.508 e. The third-order valence-electron chi connectivity index (χ3n) is 1.91. The number of phenols is 1. The van der Waals surface area contributed by atoms with E-state index in [9.17, 15) is 9.90 Å². The van der Waals surface area contributed by atoms with Gasteiger partial charge >= 0.3 is 6.03 Å². The van der Waals surface area contributed by atoms with Crippen LogP contribution in [0, 0.1) is 0 Å². The molecule has 1 aromatic rings. The first-order valence-electron chi connectivity index (χ1n) is 5.05. The number of aromatic hydroxyl groups is 1. The molecule has 5 heteroatoms. The Kier molecular flexibility index (Phi) is 5.15. The van der Waals surface area contributed by atoms with Gasteiger partial charge in [0.25, 0.3) is 0 Å². The fraction of sp³-hybridized carbons (Fsp3) is 0.364. The van der Waals surface area contributed by atoms with Gasteiger partial charge in [-0.15, -0.1) is 0 Å². The molecule has 2 amide bonds. The van der Waals surface area contributed by atoms with E-state index in [4.69, 9.17) is 4.74 Å². The highest BCUT2D eigenvalue weighted by Gasteiger charge is 2.00. The monoisotopic (exact) mass is 224 g/mol. The van der Waals surface area contributed by atoms with Gasteiger partial charge in [0.15, 0.2) is 0 Å². The number of carbonyl (C=O) groups is 1. The number of rotatable bonds is 5. The Bertz CT molecular complexity index is 342. The van der Waals surface area contributed by atoms with Gasteiger partial charge in [-0.25, -0.2) is 4.79 Å². The van der Waals surface area contributed by atoms with E-state index in [1.807, 2.05) is 0 Å². The van der Waals surface area contributed by atoms with Crippen LogP contribution in [0.3, 0.4) is 0 Å². The molecule has 0 aromatic heterocycles. The Morgan fingerprint density at radius 2 is 2.31 bits per heavy atom. The molecule has 0 radical (unpaired) electrons. The lowest BCUT2D eigenvalue weighted by atomic mass is 10.3. The molecule has 3 N–H and O–H groups in total. The van der Waals surface area contributed by atoms with E-state index < -0.39 is 0 Å². The van der Waals surface area contributed by atoms with Crippen LogP contribution in [0.25, 0.3) is 0 Å². The predicted octanol–water partition coefficient (Wildman–Crippen LogP) is 1.55. The average Bonchev–Trinajstić information content (AvgIpc) is 2.24. The summed E-state index contributed by atoms with van der Waals surface area (Å²) in [5, 5.41) is 14.5. The number of urea groups is 1. The molecule has 0 heterocycles. The SMILES string of the molecule is COCCCNC(=O)Nc1cccc(O)c1. The second-order valence-electron chi connectivity index (χ2n) is 3.28. The minimum absolute atomic E-state index is 0.122. The zero-order valence-electron chi connectivity index (χ0n) is 9.19. The molecule has 0 aliphatic carbocycles. The Morgan fingerprint density at radius 1 is 1.50 bits per heavy atom. The summed E-state index contributed by atoms with van der Waals surface area (Å²) in [7, 11) is 1.62. The quantitative estimate of drug-likeness (QED) is 0.664. The number of anilines is 1. The van der Waals surface area contributed by atoms with Crippen LogP contribution < -0.4 is 10.6 Å². The van der Waals surface area contributed by atoms with Gasteiger partial charge in [-0.1, -0.05) is 6.07 Å². The highest BCUT2D eigenvalue weighted by Crippen LogP contribution is 2.14. The van der Waals surface area contributed by atoms with E-state index in [1.165, 1.54) is 6.07 Å². The zero-order chi connectivity index (χ0) is 11.8. The van der Waals surface area contributed by atoms with Crippen LogP contribution >= 0.6 is 0 Å². The lowest BCUT2D eigenvalue weighted by Gasteiger charge is -2.07. The average molecular weight is 224 g/mol. The summed E-state index contributed by atoms with van der Waals surface area (Å²) < 4.78 is 4.85. The first-order valence-corrected chi connectivity index (χ1v) is 5.05. The van der Waals surface area contributed by atoms with Gasteiger partial charge in [-0.3, -0.25) is 0 Å². The Balaban J connectivity index is 2.29. The number of methoxy groups -OCH3 is 1. The summed E-state index contributed by atoms with van der Waals surface area (Å²) in [5.41, 5.74) is 0.559. The normalized spacial score (nSPS) is 9.81. The zero-order valence-corrected chi connectivity index (χ0v) is 9.19. The van der Waals surface area contributed by atoms with E-state index >= 15 is 0 Å². The van der Waals surface area contributed by atoms with E-state index in [0.717, 1.165) is 6.42 Å². The molecule has 1 rings (SSSR count). The van der Waals surface area contributed by atoms with Crippen LogP contribution in [0.5, 0.6) is 5.75 Å². The summed E-state index contributed by atoms with van der Waals surface area (Å²) >= 11 is 0. The Morgan fingerprint density at radius 3 is 3.00 bits per heavy atom. The summed E-state index contributed by atoms with van der Waals surface area (Å²) in [5.74, 6) is 0.122. The number of ether oxygens (including phenoxy) is 1. The number of benzene rings is 1. The van der Waals surface area contributed by atoms with Crippen molar-refractivity contribution >= 4 is 11.7 Å². The molecule has 16 heavy (non-hydrogen) atoms. The lowest BCUT2D eigenvalue weighted by Crippen LogP contribution is -2.29. The fourth-order valence-corrected chi connectivity index (χ4v) is 1.18. The van der Waals surface area contributed by atoms with Gasteiger partial charge in [0.05, 0.1) is 0 Å². The third kappa shape index (κ3) is 4.65. The maximum absolute atomic E-state index is 11.3. The third-order valence-corrected chi connectivity index (χ3v) is 1.91. The fourth-order valence-electron chi connectivity index (χ4n) is 1.18. The molecule has 0 unspecified atom stereocenters. The van der Waals surface area contributed by atoms with E-state index in [0.29, 0.717) is 18.8 Å². The standard InChI is InChI=1S/C11H16N2O3/c1-16-7-3-6-12-11(15)13-9-4-2-5-10(14)8-9/h2,4-5,8,14H,3,6-7H2,1H3,(H2,12,13,15). The van der Waals surface area contributed by atoms with E-state index in [-0.39, 0.29) is 11.8 Å². The van der Waals surface area contributed by atoms with Crippen LogP contribution in [-0.4, -0.2) is 31.4 Å². The molecule has 0 atom stereocenters. The Labute approximate surface area is 94.4 Å². The largest absolute Gasteiger partial charge is 0.508 e. The number of nitrogens with one attached hydrogen (secondary N) is 2.